The fraction of sp³-hybridized carbons (Fsp3) is 0.750. The van der Waals surface area contributed by atoms with E-state index in [0.29, 0.717) is 11.3 Å². The second-order valence-electron chi connectivity index (χ2n) is 5.05. The molecule has 0 aliphatic heterocycles. The molecule has 3 atom stereocenters. The van der Waals surface area contributed by atoms with Gasteiger partial charge in [-0.15, -0.1) is 0 Å². The molecule has 1 fully saturated rings. The van der Waals surface area contributed by atoms with E-state index in [9.17, 15) is 0 Å². The van der Waals surface area contributed by atoms with Crippen LogP contribution in [0.15, 0.2) is 11.6 Å². The summed E-state index contributed by atoms with van der Waals surface area (Å²) in [5.41, 5.74) is 1.89. The molecule has 0 saturated heterocycles. The molecule has 1 saturated carbocycles. The van der Waals surface area contributed by atoms with Crippen molar-refractivity contribution in [3.8, 4) is 0 Å². The van der Waals surface area contributed by atoms with Crippen LogP contribution in [0.3, 0.4) is 0 Å². The summed E-state index contributed by atoms with van der Waals surface area (Å²) in [6.45, 7) is 13.8. The highest BCUT2D eigenvalue weighted by atomic mass is 14.7. The van der Waals surface area contributed by atoms with Crippen LogP contribution in [0.1, 0.15) is 33.6 Å². The zero-order valence-corrected chi connectivity index (χ0v) is 8.67. The van der Waals surface area contributed by atoms with Gasteiger partial charge in [-0.05, 0) is 30.1 Å². The van der Waals surface area contributed by atoms with Gasteiger partial charge >= 0.3 is 0 Å². The van der Waals surface area contributed by atoms with Crippen LogP contribution in [0.4, 0.5) is 0 Å². The van der Waals surface area contributed by atoms with Crippen molar-refractivity contribution in [1.82, 2.24) is 0 Å². The van der Waals surface area contributed by atoms with Gasteiger partial charge in [-0.2, -0.15) is 0 Å². The lowest BCUT2D eigenvalue weighted by atomic mass is 9.48. The van der Waals surface area contributed by atoms with Gasteiger partial charge in [0.15, 0.2) is 0 Å². The van der Waals surface area contributed by atoms with Gasteiger partial charge < -0.3 is 4.85 Å². The summed E-state index contributed by atoms with van der Waals surface area (Å²) < 4.78 is 0. The maximum absolute atomic E-state index is 7.07. The third-order valence-corrected chi connectivity index (χ3v) is 4.19. The third-order valence-electron chi connectivity index (χ3n) is 4.19. The van der Waals surface area contributed by atoms with Crippen LogP contribution in [0.5, 0.6) is 0 Å². The Labute approximate surface area is 80.7 Å². The summed E-state index contributed by atoms with van der Waals surface area (Å²) in [5.74, 6) is 1.59. The Bertz CT molecular complexity index is 293. The number of allylic oxidation sites excluding steroid dienone is 1. The van der Waals surface area contributed by atoms with Crippen molar-refractivity contribution >= 4 is 0 Å². The molecule has 1 heteroatoms. The number of fused-ring (bicyclic) bond motifs is 1. The molecule has 1 nitrogen and oxygen atoms in total. The number of hydrogen-bond donors (Lipinski definition) is 0. The standard InChI is InChI=1S/C12H17N/c1-8(13-4)10-6-5-9-7-11(10)12(9,2)3/h6,8-9,11H,5,7H2,1-3H3. The number of hydrogen-bond acceptors (Lipinski definition) is 0. The second-order valence-corrected chi connectivity index (χ2v) is 5.05. The molecule has 13 heavy (non-hydrogen) atoms. The van der Waals surface area contributed by atoms with E-state index in [1.54, 1.807) is 0 Å². The lowest BCUT2D eigenvalue weighted by molar-refractivity contribution is -0.00827. The van der Waals surface area contributed by atoms with E-state index in [0.717, 1.165) is 5.92 Å². The first-order valence-electron chi connectivity index (χ1n) is 5.14. The summed E-state index contributed by atoms with van der Waals surface area (Å²) in [6.07, 6.45) is 4.87. The van der Waals surface area contributed by atoms with Gasteiger partial charge in [-0.3, -0.25) is 0 Å². The molecule has 0 aromatic heterocycles. The molecule has 3 aliphatic rings. The van der Waals surface area contributed by atoms with Crippen LogP contribution in [0.25, 0.3) is 4.85 Å². The van der Waals surface area contributed by atoms with Crippen molar-refractivity contribution < 1.29 is 0 Å². The molecule has 3 unspecified atom stereocenters. The van der Waals surface area contributed by atoms with Crippen LogP contribution in [0, 0.1) is 23.8 Å². The molecule has 0 aromatic carbocycles. The average Bonchev–Trinajstić information content (AvgIpc) is 2.16. The Morgan fingerprint density at radius 3 is 2.77 bits per heavy atom. The van der Waals surface area contributed by atoms with Crippen molar-refractivity contribution in [3.05, 3.63) is 23.1 Å². The minimum Gasteiger partial charge on any atom is -0.309 e. The molecule has 0 spiro atoms. The maximum atomic E-state index is 7.07. The van der Waals surface area contributed by atoms with E-state index in [4.69, 9.17) is 6.57 Å². The van der Waals surface area contributed by atoms with Gasteiger partial charge in [0.25, 0.3) is 0 Å². The molecule has 3 rings (SSSR count). The summed E-state index contributed by atoms with van der Waals surface area (Å²) in [6, 6.07) is 0.116. The highest BCUT2D eigenvalue weighted by molar-refractivity contribution is 5.28. The predicted molar refractivity (Wildman–Crippen MR) is 54.1 cm³/mol. The predicted octanol–water partition coefficient (Wildman–Crippen LogP) is 3.29. The lowest BCUT2D eigenvalue weighted by Crippen LogP contribution is -2.49. The molecular formula is C12H17N. The molecule has 0 aromatic rings. The fourth-order valence-corrected chi connectivity index (χ4v) is 2.94. The van der Waals surface area contributed by atoms with Crippen LogP contribution in [-0.2, 0) is 0 Å². The third kappa shape index (κ3) is 1.05. The summed E-state index contributed by atoms with van der Waals surface area (Å²) in [4.78, 5) is 3.63. The Morgan fingerprint density at radius 2 is 2.31 bits per heavy atom. The van der Waals surface area contributed by atoms with Crippen molar-refractivity contribution in [2.24, 2.45) is 17.3 Å². The van der Waals surface area contributed by atoms with Crippen LogP contribution in [-0.4, -0.2) is 6.04 Å². The van der Waals surface area contributed by atoms with E-state index in [2.05, 4.69) is 24.8 Å². The molecule has 2 bridgehead atoms. The number of nitrogens with zero attached hydrogens (tertiary/aromatic N) is 1. The van der Waals surface area contributed by atoms with Crippen LogP contribution in [0.2, 0.25) is 0 Å². The normalized spacial score (nSPS) is 36.9. The molecule has 70 valence electrons. The van der Waals surface area contributed by atoms with Crippen molar-refractivity contribution in [2.45, 2.75) is 39.7 Å². The second kappa shape index (κ2) is 2.61. The molecule has 0 radical (unpaired) electrons. The quantitative estimate of drug-likeness (QED) is 0.425. The Hall–Kier alpha value is -0.770. The minimum atomic E-state index is 0.116. The first kappa shape index (κ1) is 8.81. The van der Waals surface area contributed by atoms with Gasteiger partial charge in [-0.25, -0.2) is 6.57 Å². The number of rotatable bonds is 1. The van der Waals surface area contributed by atoms with E-state index in [1.807, 2.05) is 6.92 Å². The zero-order chi connectivity index (χ0) is 9.64. The van der Waals surface area contributed by atoms with Crippen molar-refractivity contribution in [1.29, 1.82) is 0 Å². The van der Waals surface area contributed by atoms with E-state index in [1.165, 1.54) is 18.4 Å². The average molecular weight is 175 g/mol. The van der Waals surface area contributed by atoms with E-state index < -0.39 is 0 Å². The smallest absolute Gasteiger partial charge is 0.242 e. The largest absolute Gasteiger partial charge is 0.309 e. The van der Waals surface area contributed by atoms with Crippen molar-refractivity contribution in [2.75, 3.05) is 0 Å². The van der Waals surface area contributed by atoms with Gasteiger partial charge in [-0.1, -0.05) is 19.9 Å². The van der Waals surface area contributed by atoms with Gasteiger partial charge in [0, 0.05) is 12.5 Å². The summed E-state index contributed by atoms with van der Waals surface area (Å²) in [5, 5.41) is 0. The molecule has 3 aliphatic carbocycles. The summed E-state index contributed by atoms with van der Waals surface area (Å²) in [7, 11) is 0. The lowest BCUT2D eigenvalue weighted by Gasteiger charge is -2.56. The highest BCUT2D eigenvalue weighted by Gasteiger charge is 2.52. The molecule has 0 amide bonds. The SMILES string of the molecule is [C-]#[N+]C(C)C1=CCC2CC1C2(C)C. The van der Waals surface area contributed by atoms with Crippen LogP contribution < -0.4 is 0 Å². The van der Waals surface area contributed by atoms with Crippen LogP contribution >= 0.6 is 0 Å². The monoisotopic (exact) mass is 175 g/mol. The van der Waals surface area contributed by atoms with E-state index in [-0.39, 0.29) is 6.04 Å². The first-order chi connectivity index (χ1) is 6.07. The van der Waals surface area contributed by atoms with Gasteiger partial charge in [0.2, 0.25) is 6.04 Å². The van der Waals surface area contributed by atoms with Gasteiger partial charge in [0.1, 0.15) is 0 Å². The van der Waals surface area contributed by atoms with Crippen molar-refractivity contribution in [3.63, 3.8) is 0 Å². The topological polar surface area (TPSA) is 4.36 Å². The molecular weight excluding hydrogens is 158 g/mol. The Morgan fingerprint density at radius 1 is 1.62 bits per heavy atom. The van der Waals surface area contributed by atoms with Gasteiger partial charge in [0.05, 0.1) is 0 Å². The molecule has 0 heterocycles. The minimum absolute atomic E-state index is 0.116. The Balaban J connectivity index is 2.24. The summed E-state index contributed by atoms with van der Waals surface area (Å²) >= 11 is 0. The maximum Gasteiger partial charge on any atom is 0.242 e. The molecule has 0 N–H and O–H groups in total. The Kier molecular flexibility index (Phi) is 1.77. The first-order valence-corrected chi connectivity index (χ1v) is 5.14. The highest BCUT2D eigenvalue weighted by Crippen LogP contribution is 2.59. The zero-order valence-electron chi connectivity index (χ0n) is 8.67. The fourth-order valence-electron chi connectivity index (χ4n) is 2.94. The van der Waals surface area contributed by atoms with E-state index >= 15 is 0 Å².